The van der Waals surface area contributed by atoms with Crippen molar-refractivity contribution >= 4 is 74.7 Å². The van der Waals surface area contributed by atoms with Crippen LogP contribution in [0.3, 0.4) is 0 Å². The number of benzene rings is 4. The summed E-state index contributed by atoms with van der Waals surface area (Å²) in [5.74, 6) is 0. The first-order valence-corrected chi connectivity index (χ1v) is 17.0. The topological polar surface area (TPSA) is 174 Å². The largest absolute Gasteiger partial charge is 0.744 e. The smallest absolute Gasteiger partial charge is 0.296 e. The summed E-state index contributed by atoms with van der Waals surface area (Å²) >= 11 is 2.33. The molecule has 0 aliphatic rings. The van der Waals surface area contributed by atoms with E-state index < -0.39 is 20.2 Å². The van der Waals surface area contributed by atoms with Crippen LogP contribution < -0.4 is 5.43 Å². The van der Waals surface area contributed by atoms with Crippen molar-refractivity contribution in [3.8, 4) is 21.1 Å². The van der Waals surface area contributed by atoms with E-state index in [-0.39, 0.29) is 9.79 Å². The molecule has 0 amide bonds. The lowest BCUT2D eigenvalue weighted by atomic mass is 10.2. The highest BCUT2D eigenvalue weighted by Crippen LogP contribution is 2.37. The van der Waals surface area contributed by atoms with Crippen molar-refractivity contribution in [3.63, 3.8) is 0 Å². The van der Waals surface area contributed by atoms with Crippen LogP contribution in [0, 0.1) is 13.8 Å². The van der Waals surface area contributed by atoms with E-state index in [2.05, 4.69) is 25.7 Å². The molecule has 0 fully saturated rings. The number of aromatic nitrogens is 2. The molecule has 0 saturated heterocycles. The average molecular weight is 651 g/mol. The van der Waals surface area contributed by atoms with Crippen molar-refractivity contribution in [3.05, 3.63) is 83.9 Å². The summed E-state index contributed by atoms with van der Waals surface area (Å²) in [7, 11) is -9.04. The van der Waals surface area contributed by atoms with Crippen LogP contribution in [-0.2, 0) is 20.2 Å². The number of fused-ring (bicyclic) bond motifs is 2. The molecule has 6 rings (SSSR count). The second-order valence-corrected chi connectivity index (χ2v) is 14.2. The van der Waals surface area contributed by atoms with Crippen molar-refractivity contribution in [2.45, 2.75) is 23.6 Å². The van der Waals surface area contributed by atoms with Gasteiger partial charge in [-0.15, -0.1) is 27.8 Å². The van der Waals surface area contributed by atoms with Crippen LogP contribution in [0.25, 0.3) is 41.6 Å². The van der Waals surface area contributed by atoms with Crippen molar-refractivity contribution in [2.75, 3.05) is 5.43 Å². The van der Waals surface area contributed by atoms with E-state index >= 15 is 0 Å². The van der Waals surface area contributed by atoms with Crippen LogP contribution >= 0.6 is 22.7 Å². The Labute approximate surface area is 254 Å². The zero-order chi connectivity index (χ0) is 30.5. The summed E-state index contributed by atoms with van der Waals surface area (Å²) < 4.78 is 69.6. The van der Waals surface area contributed by atoms with Crippen LogP contribution in [-0.4, -0.2) is 35.9 Å². The number of anilines is 1. The number of thiazole rings is 2. The second-order valence-electron chi connectivity index (χ2n) is 9.52. The Balaban J connectivity index is 1.16. The molecule has 0 unspecified atom stereocenters. The number of hydrogen-bond acceptors (Lipinski definition) is 11. The van der Waals surface area contributed by atoms with E-state index in [0.717, 1.165) is 22.5 Å². The Hall–Kier alpha value is -4.12. The third-order valence-corrected chi connectivity index (χ3v) is 11.1. The zero-order valence-corrected chi connectivity index (χ0v) is 25.6. The lowest BCUT2D eigenvalue weighted by Gasteiger charge is -2.10. The lowest BCUT2D eigenvalue weighted by Crippen LogP contribution is -2.01. The van der Waals surface area contributed by atoms with Gasteiger partial charge >= 0.3 is 0 Å². The highest BCUT2D eigenvalue weighted by Gasteiger charge is 2.21. The van der Waals surface area contributed by atoms with Gasteiger partial charge in [0.2, 0.25) is 0 Å². The first kappa shape index (κ1) is 29.0. The normalized spacial score (nSPS) is 12.5. The second kappa shape index (κ2) is 10.9. The molecule has 11 nitrogen and oxygen atoms in total. The molecule has 4 aromatic carbocycles. The minimum Gasteiger partial charge on any atom is -0.744 e. The van der Waals surface area contributed by atoms with E-state index in [4.69, 9.17) is 0 Å². The third-order valence-electron chi connectivity index (χ3n) is 6.52. The maximum absolute atomic E-state index is 11.9. The molecule has 43 heavy (non-hydrogen) atoms. The van der Waals surface area contributed by atoms with E-state index in [9.17, 15) is 25.9 Å². The summed E-state index contributed by atoms with van der Waals surface area (Å²) in [6, 6.07) is 20.8. The zero-order valence-electron chi connectivity index (χ0n) is 22.3. The molecule has 2 aromatic heterocycles. The Bertz CT molecular complexity index is 2280. The van der Waals surface area contributed by atoms with E-state index in [1.165, 1.54) is 11.3 Å². The van der Waals surface area contributed by atoms with Crippen molar-refractivity contribution in [1.82, 2.24) is 9.97 Å². The van der Waals surface area contributed by atoms with Crippen LogP contribution in [0.5, 0.6) is 0 Å². The fraction of sp³-hybridized carbons (Fsp3) is 0.0714. The molecule has 0 spiro atoms. The Morgan fingerprint density at radius 1 is 0.721 bits per heavy atom. The molecule has 0 radical (unpaired) electrons. The molecular weight excluding hydrogens is 631 g/mol. The molecular formula is C28H20N5O6S4-. The van der Waals surface area contributed by atoms with Crippen LogP contribution in [0.4, 0.5) is 11.4 Å². The summed E-state index contributed by atoms with van der Waals surface area (Å²) in [6.45, 7) is 3.20. The van der Waals surface area contributed by atoms with Gasteiger partial charge in [-0.05, 0) is 85.6 Å². The van der Waals surface area contributed by atoms with Gasteiger partial charge in [-0.25, -0.2) is 18.4 Å². The fourth-order valence-electron chi connectivity index (χ4n) is 4.51. The average Bonchev–Trinajstić information content (AvgIpc) is 3.56. The highest BCUT2D eigenvalue weighted by atomic mass is 32.2. The molecule has 2 heterocycles. The van der Waals surface area contributed by atoms with E-state index in [1.54, 1.807) is 86.6 Å². The maximum atomic E-state index is 11.9. The van der Waals surface area contributed by atoms with E-state index in [1.807, 2.05) is 0 Å². The van der Waals surface area contributed by atoms with Gasteiger partial charge in [0.25, 0.3) is 10.1 Å². The van der Waals surface area contributed by atoms with Gasteiger partial charge in [-0.3, -0.25) is 9.98 Å². The van der Waals surface area contributed by atoms with Gasteiger partial charge in [0.1, 0.15) is 25.0 Å². The van der Waals surface area contributed by atoms with Gasteiger partial charge in [-0.2, -0.15) is 8.42 Å². The molecule has 0 saturated carbocycles. The number of nitrogens with one attached hydrogen (secondary N) is 1. The van der Waals surface area contributed by atoms with Crippen molar-refractivity contribution in [1.29, 1.82) is 0 Å². The van der Waals surface area contributed by atoms with Gasteiger partial charge in [0.05, 0.1) is 36.7 Å². The standard InChI is InChI=1S/C28H21N5O6S4/c1-15-3-13-21-23(25(15)42(34,35)36)40-27(29-21)17-5-9-19(10-6-17)31-33-32-20-11-7-18(8-12-20)28-30-22-14-4-16(2)26(24(22)41-28)43(37,38)39/h3-14H,1-2H3,(H,31,32)(H,34,35,36)(H,37,38,39)/p-1. The molecule has 218 valence electrons. The van der Waals surface area contributed by atoms with Gasteiger partial charge in [-0.1, -0.05) is 17.4 Å². The van der Waals surface area contributed by atoms with E-state index in [0.29, 0.717) is 53.0 Å². The summed E-state index contributed by atoms with van der Waals surface area (Å²) in [4.78, 5) is 8.66. The van der Waals surface area contributed by atoms with Gasteiger partial charge < -0.3 is 4.55 Å². The predicted octanol–water partition coefficient (Wildman–Crippen LogP) is 7.12. The molecule has 0 aliphatic carbocycles. The quantitative estimate of drug-likeness (QED) is 0.104. The number of rotatable bonds is 7. The number of nitrogens with zero attached hydrogens (tertiary/aromatic N) is 4. The number of hydrogen-bond donors (Lipinski definition) is 2. The number of aryl methyl sites for hydroxylation is 2. The maximum Gasteiger partial charge on any atom is 0.296 e. The summed E-state index contributed by atoms with van der Waals surface area (Å²) in [5, 5.41) is 9.39. The lowest BCUT2D eigenvalue weighted by molar-refractivity contribution is 0.463. The Morgan fingerprint density at radius 3 is 1.72 bits per heavy atom. The van der Waals surface area contributed by atoms with Gasteiger partial charge in [0, 0.05) is 11.1 Å². The van der Waals surface area contributed by atoms with Crippen LogP contribution in [0.2, 0.25) is 0 Å². The molecule has 0 atom stereocenters. The highest BCUT2D eigenvalue weighted by molar-refractivity contribution is 7.86. The molecule has 2 N–H and O–H groups in total. The van der Waals surface area contributed by atoms with Crippen molar-refractivity contribution in [2.24, 2.45) is 10.3 Å². The summed E-state index contributed by atoms with van der Waals surface area (Å²) in [6.07, 6.45) is 0. The SMILES string of the molecule is Cc1ccc2nc(-c3ccc(NN=Nc4ccc(-c5nc6ccc(C)c(S(=O)(=O)O)c6s5)cc4)cc3)sc2c1S(=O)(=O)[O-]. The predicted molar refractivity (Wildman–Crippen MR) is 166 cm³/mol. The summed E-state index contributed by atoms with van der Waals surface area (Å²) in [5.41, 5.74) is 7.35. The first-order valence-electron chi connectivity index (χ1n) is 12.5. The van der Waals surface area contributed by atoms with Crippen LogP contribution in [0.1, 0.15) is 11.1 Å². The molecule has 6 aromatic rings. The minimum atomic E-state index is -4.64. The molecule has 0 aliphatic heterocycles. The Kier molecular flexibility index (Phi) is 7.32. The molecule has 0 bridgehead atoms. The monoisotopic (exact) mass is 650 g/mol. The Morgan fingerprint density at radius 2 is 1.21 bits per heavy atom. The van der Waals surface area contributed by atoms with Crippen LogP contribution in [0.15, 0.2) is 92.9 Å². The minimum absolute atomic E-state index is 0.128. The fourth-order valence-corrected chi connectivity index (χ4v) is 9.12. The molecule has 15 heteroatoms. The van der Waals surface area contributed by atoms with Gasteiger partial charge in [0.15, 0.2) is 0 Å². The third kappa shape index (κ3) is 5.78. The van der Waals surface area contributed by atoms with Crippen molar-refractivity contribution < 1.29 is 25.9 Å². The first-order chi connectivity index (χ1) is 20.4.